The minimum absolute atomic E-state index is 0.0953. The van der Waals surface area contributed by atoms with E-state index in [-0.39, 0.29) is 11.9 Å². The Labute approximate surface area is 150 Å². The van der Waals surface area contributed by atoms with Crippen molar-refractivity contribution in [2.45, 2.75) is 32.8 Å². The van der Waals surface area contributed by atoms with Crippen molar-refractivity contribution < 1.29 is 13.9 Å². The first-order valence-electron chi connectivity index (χ1n) is 8.60. The lowest BCUT2D eigenvalue weighted by Crippen LogP contribution is -2.14. The van der Waals surface area contributed by atoms with Crippen LogP contribution in [0.1, 0.15) is 26.7 Å². The Kier molecular flexibility index (Phi) is 4.16. The predicted molar refractivity (Wildman–Crippen MR) is 98.2 cm³/mol. The lowest BCUT2D eigenvalue weighted by Gasteiger charge is -2.13. The van der Waals surface area contributed by atoms with Gasteiger partial charge in [-0.2, -0.15) is 0 Å². The van der Waals surface area contributed by atoms with E-state index in [1.54, 1.807) is 23.7 Å². The number of aromatic nitrogens is 3. The standard InChI is InChI=1S/C20H19N3O3/c1-13(24)7-8-14(2)25-20-10-9-19-21-12-16(23(19)22-20)18-11-15-5-3-4-6-17(15)26-18/h3-6,9-12,14H,7-8H2,1-2H3/t14-/m1/s1. The summed E-state index contributed by atoms with van der Waals surface area (Å²) in [6.07, 6.45) is 2.80. The summed E-state index contributed by atoms with van der Waals surface area (Å²) in [6, 6.07) is 13.5. The third-order valence-corrected chi connectivity index (χ3v) is 4.24. The molecule has 0 aliphatic rings. The molecule has 0 saturated carbocycles. The molecule has 0 amide bonds. The maximum absolute atomic E-state index is 11.1. The van der Waals surface area contributed by atoms with Crippen LogP contribution in [-0.4, -0.2) is 26.5 Å². The zero-order valence-electron chi connectivity index (χ0n) is 14.7. The monoisotopic (exact) mass is 349 g/mol. The Morgan fingerprint density at radius 1 is 1.27 bits per heavy atom. The number of hydrogen-bond donors (Lipinski definition) is 0. The first-order chi connectivity index (χ1) is 12.6. The molecule has 0 spiro atoms. The van der Waals surface area contributed by atoms with Gasteiger partial charge in [0.15, 0.2) is 11.4 Å². The number of furan rings is 1. The second kappa shape index (κ2) is 6.63. The van der Waals surface area contributed by atoms with E-state index < -0.39 is 0 Å². The van der Waals surface area contributed by atoms with Gasteiger partial charge in [0.2, 0.25) is 5.88 Å². The molecule has 0 fully saturated rings. The van der Waals surface area contributed by atoms with Crippen molar-refractivity contribution in [3.63, 3.8) is 0 Å². The van der Waals surface area contributed by atoms with Gasteiger partial charge in [0.25, 0.3) is 0 Å². The molecule has 4 aromatic rings. The largest absolute Gasteiger partial charge is 0.474 e. The lowest BCUT2D eigenvalue weighted by atomic mass is 10.2. The highest BCUT2D eigenvalue weighted by atomic mass is 16.5. The van der Waals surface area contributed by atoms with Crippen molar-refractivity contribution in [3.05, 3.63) is 48.7 Å². The molecule has 132 valence electrons. The Balaban J connectivity index is 1.65. The fraction of sp³-hybridized carbons (Fsp3) is 0.250. The molecule has 3 heterocycles. The SMILES string of the molecule is CC(=O)CC[C@@H](C)Oc1ccc2ncc(-c3cc4ccccc4o3)n2n1. The lowest BCUT2D eigenvalue weighted by molar-refractivity contribution is -0.117. The van der Waals surface area contributed by atoms with Crippen molar-refractivity contribution >= 4 is 22.4 Å². The first kappa shape index (κ1) is 16.3. The van der Waals surface area contributed by atoms with Crippen LogP contribution in [0.15, 0.2) is 53.1 Å². The molecule has 0 aliphatic heterocycles. The highest BCUT2D eigenvalue weighted by Crippen LogP contribution is 2.28. The average molecular weight is 349 g/mol. The van der Waals surface area contributed by atoms with Crippen LogP contribution in [0.5, 0.6) is 5.88 Å². The van der Waals surface area contributed by atoms with Crippen molar-refractivity contribution in [2.24, 2.45) is 0 Å². The zero-order valence-corrected chi connectivity index (χ0v) is 14.7. The number of benzene rings is 1. The second-order valence-electron chi connectivity index (χ2n) is 6.40. The number of nitrogens with zero attached hydrogens (tertiary/aromatic N) is 3. The minimum atomic E-state index is -0.0953. The molecule has 3 aromatic heterocycles. The Morgan fingerprint density at radius 2 is 2.12 bits per heavy atom. The summed E-state index contributed by atoms with van der Waals surface area (Å²) in [5.74, 6) is 1.35. The van der Waals surface area contributed by atoms with Crippen LogP contribution >= 0.6 is 0 Å². The van der Waals surface area contributed by atoms with E-state index in [9.17, 15) is 4.79 Å². The van der Waals surface area contributed by atoms with E-state index >= 15 is 0 Å². The summed E-state index contributed by atoms with van der Waals surface area (Å²) < 4.78 is 13.5. The number of ether oxygens (including phenoxy) is 1. The van der Waals surface area contributed by atoms with Gasteiger partial charge in [-0.1, -0.05) is 18.2 Å². The van der Waals surface area contributed by atoms with E-state index in [0.717, 1.165) is 16.7 Å². The van der Waals surface area contributed by atoms with Gasteiger partial charge in [-0.25, -0.2) is 9.50 Å². The highest BCUT2D eigenvalue weighted by molar-refractivity contribution is 5.82. The number of Topliss-reactive ketones (excluding diaryl/α,β-unsaturated/α-hetero) is 1. The van der Waals surface area contributed by atoms with Gasteiger partial charge < -0.3 is 13.9 Å². The van der Waals surface area contributed by atoms with E-state index in [1.807, 2.05) is 43.3 Å². The second-order valence-corrected chi connectivity index (χ2v) is 6.40. The molecule has 0 aliphatic carbocycles. The van der Waals surface area contributed by atoms with Crippen molar-refractivity contribution in [3.8, 4) is 17.3 Å². The van der Waals surface area contributed by atoms with E-state index in [2.05, 4.69) is 10.1 Å². The van der Waals surface area contributed by atoms with E-state index in [1.165, 1.54) is 0 Å². The summed E-state index contributed by atoms with van der Waals surface area (Å²) in [4.78, 5) is 15.5. The molecule has 4 rings (SSSR count). The van der Waals surface area contributed by atoms with Gasteiger partial charge in [-0.05, 0) is 38.5 Å². The topological polar surface area (TPSA) is 69.6 Å². The Morgan fingerprint density at radius 3 is 2.92 bits per heavy atom. The summed E-state index contributed by atoms with van der Waals surface area (Å²) in [6.45, 7) is 3.52. The maximum Gasteiger partial charge on any atom is 0.232 e. The minimum Gasteiger partial charge on any atom is -0.474 e. The molecular weight excluding hydrogens is 330 g/mol. The van der Waals surface area contributed by atoms with Gasteiger partial charge in [-0.15, -0.1) is 5.10 Å². The average Bonchev–Trinajstić information content (AvgIpc) is 3.23. The fourth-order valence-corrected chi connectivity index (χ4v) is 2.87. The number of ketones is 1. The number of carbonyl (C=O) groups excluding carboxylic acids is 1. The van der Waals surface area contributed by atoms with Crippen LogP contribution < -0.4 is 4.74 Å². The van der Waals surface area contributed by atoms with Gasteiger partial charge >= 0.3 is 0 Å². The van der Waals surface area contributed by atoms with Crippen LogP contribution in [-0.2, 0) is 4.79 Å². The molecule has 0 radical (unpaired) electrons. The summed E-state index contributed by atoms with van der Waals surface area (Å²) in [7, 11) is 0. The molecule has 26 heavy (non-hydrogen) atoms. The third-order valence-electron chi connectivity index (χ3n) is 4.24. The number of rotatable bonds is 6. The number of para-hydroxylation sites is 1. The number of imidazole rings is 1. The van der Waals surface area contributed by atoms with Gasteiger partial charge in [0.1, 0.15) is 17.1 Å². The molecule has 6 nitrogen and oxygen atoms in total. The Bertz CT molecular complexity index is 1050. The third kappa shape index (κ3) is 3.18. The number of carbonyl (C=O) groups is 1. The van der Waals surface area contributed by atoms with E-state index in [0.29, 0.717) is 30.1 Å². The predicted octanol–water partition coefficient (Wildman–Crippen LogP) is 4.28. The smallest absolute Gasteiger partial charge is 0.232 e. The fourth-order valence-electron chi connectivity index (χ4n) is 2.87. The molecule has 0 saturated heterocycles. The molecule has 0 bridgehead atoms. The molecule has 1 aromatic carbocycles. The molecule has 1 atom stereocenters. The van der Waals surface area contributed by atoms with Crippen LogP contribution in [0.2, 0.25) is 0 Å². The van der Waals surface area contributed by atoms with Crippen LogP contribution in [0.25, 0.3) is 28.1 Å². The Hall–Kier alpha value is -3.15. The molecule has 0 unspecified atom stereocenters. The van der Waals surface area contributed by atoms with Crippen molar-refractivity contribution in [1.82, 2.24) is 14.6 Å². The molecule has 0 N–H and O–H groups in total. The van der Waals surface area contributed by atoms with Crippen LogP contribution in [0, 0.1) is 0 Å². The normalized spacial score (nSPS) is 12.5. The van der Waals surface area contributed by atoms with Crippen molar-refractivity contribution in [2.75, 3.05) is 0 Å². The maximum atomic E-state index is 11.1. The molecular formula is C20H19N3O3. The summed E-state index contributed by atoms with van der Waals surface area (Å²) in [5, 5.41) is 5.57. The zero-order chi connectivity index (χ0) is 18.1. The number of hydrogen-bond acceptors (Lipinski definition) is 5. The summed E-state index contributed by atoms with van der Waals surface area (Å²) >= 11 is 0. The van der Waals surface area contributed by atoms with Gasteiger partial charge in [0, 0.05) is 17.9 Å². The summed E-state index contributed by atoms with van der Waals surface area (Å²) in [5.41, 5.74) is 2.30. The molecule has 6 heteroatoms. The highest BCUT2D eigenvalue weighted by Gasteiger charge is 2.14. The van der Waals surface area contributed by atoms with Crippen molar-refractivity contribution in [1.29, 1.82) is 0 Å². The van der Waals surface area contributed by atoms with Crippen LogP contribution in [0.4, 0.5) is 0 Å². The first-order valence-corrected chi connectivity index (χ1v) is 8.60. The quantitative estimate of drug-likeness (QED) is 0.520. The van der Waals surface area contributed by atoms with Gasteiger partial charge in [-0.3, -0.25) is 0 Å². The van der Waals surface area contributed by atoms with Crippen LogP contribution in [0.3, 0.4) is 0 Å². The number of fused-ring (bicyclic) bond motifs is 2. The van der Waals surface area contributed by atoms with E-state index in [4.69, 9.17) is 9.15 Å². The van der Waals surface area contributed by atoms with Gasteiger partial charge in [0.05, 0.1) is 12.3 Å².